The third kappa shape index (κ3) is 3.84. The van der Waals surface area contributed by atoms with Gasteiger partial charge >= 0.3 is 11.7 Å². The fourth-order valence-electron chi connectivity index (χ4n) is 1.66. The molecule has 0 saturated carbocycles. The quantitative estimate of drug-likeness (QED) is 0.599. The van der Waals surface area contributed by atoms with Crippen molar-refractivity contribution in [2.24, 2.45) is 0 Å². The van der Waals surface area contributed by atoms with Gasteiger partial charge in [-0.1, -0.05) is 6.07 Å². The number of carbonyl (C=O) groups is 1. The highest BCUT2D eigenvalue weighted by Crippen LogP contribution is 2.36. The van der Waals surface area contributed by atoms with Crippen LogP contribution in [0, 0.1) is 10.1 Å². The predicted molar refractivity (Wildman–Crippen MR) is 69.8 cm³/mol. The number of hydrogen-bond acceptors (Lipinski definition) is 5. The Hall–Kier alpha value is -2.31. The summed E-state index contributed by atoms with van der Waals surface area (Å²) in [4.78, 5) is 22.7. The molecule has 0 amide bonds. The lowest BCUT2D eigenvalue weighted by Gasteiger charge is -2.19. The Labute approximate surface area is 110 Å². The van der Waals surface area contributed by atoms with Gasteiger partial charge < -0.3 is 14.7 Å². The van der Waals surface area contributed by atoms with Gasteiger partial charge in [0.05, 0.1) is 18.0 Å². The maximum absolute atomic E-state index is 11.1. The Morgan fingerprint density at radius 2 is 2.21 bits per heavy atom. The highest BCUT2D eigenvalue weighted by molar-refractivity contribution is 5.71. The summed E-state index contributed by atoms with van der Waals surface area (Å²) in [6, 6.07) is 4.74. The van der Waals surface area contributed by atoms with E-state index in [0.717, 1.165) is 0 Å². The summed E-state index contributed by atoms with van der Waals surface area (Å²) in [6.07, 6.45) is -0.0908. The van der Waals surface area contributed by atoms with Crippen molar-refractivity contribution < 1.29 is 19.6 Å². The van der Waals surface area contributed by atoms with E-state index in [-0.39, 0.29) is 24.4 Å². The molecule has 0 spiro atoms. The molecule has 104 valence electrons. The number of ether oxygens (including phenoxy) is 1. The predicted octanol–water partition coefficient (Wildman–Crippen LogP) is 1.90. The van der Waals surface area contributed by atoms with Crippen molar-refractivity contribution in [3.05, 3.63) is 28.3 Å². The van der Waals surface area contributed by atoms with Gasteiger partial charge in [0.25, 0.3) is 0 Å². The van der Waals surface area contributed by atoms with Gasteiger partial charge in [0, 0.05) is 13.6 Å². The lowest BCUT2D eigenvalue weighted by Crippen LogP contribution is -2.22. The zero-order valence-corrected chi connectivity index (χ0v) is 10.8. The molecule has 7 heteroatoms. The summed E-state index contributed by atoms with van der Waals surface area (Å²) in [5.41, 5.74) is 0.203. The summed E-state index contributed by atoms with van der Waals surface area (Å²) < 4.78 is 5.23. The van der Waals surface area contributed by atoms with Crippen molar-refractivity contribution in [2.45, 2.75) is 13.3 Å². The van der Waals surface area contributed by atoms with Crippen LogP contribution in [0.2, 0.25) is 0 Å². The Morgan fingerprint density at radius 3 is 2.74 bits per heavy atom. The lowest BCUT2D eigenvalue weighted by molar-refractivity contribution is -0.385. The van der Waals surface area contributed by atoms with Gasteiger partial charge in [0.1, 0.15) is 5.69 Å². The van der Waals surface area contributed by atoms with Crippen molar-refractivity contribution in [2.75, 3.05) is 25.1 Å². The number of hydrogen-bond donors (Lipinski definition) is 1. The molecule has 7 nitrogen and oxygen atoms in total. The fraction of sp³-hybridized carbons (Fsp3) is 0.417. The second kappa shape index (κ2) is 6.58. The maximum atomic E-state index is 11.1. The van der Waals surface area contributed by atoms with Crippen LogP contribution in [-0.4, -0.2) is 36.2 Å². The van der Waals surface area contributed by atoms with Gasteiger partial charge in [-0.05, 0) is 19.1 Å². The zero-order chi connectivity index (χ0) is 14.4. The van der Waals surface area contributed by atoms with Crippen LogP contribution in [0.3, 0.4) is 0 Å². The molecule has 0 fully saturated rings. The van der Waals surface area contributed by atoms with E-state index in [1.807, 2.05) is 0 Å². The molecule has 0 bridgehead atoms. The van der Waals surface area contributed by atoms with Gasteiger partial charge in [-0.2, -0.15) is 0 Å². The Morgan fingerprint density at radius 1 is 1.53 bits per heavy atom. The number of nitrogens with zero attached hydrogens (tertiary/aromatic N) is 2. The van der Waals surface area contributed by atoms with Crippen molar-refractivity contribution >= 4 is 17.3 Å². The largest absolute Gasteiger partial charge is 0.487 e. The monoisotopic (exact) mass is 268 g/mol. The molecule has 0 aliphatic carbocycles. The van der Waals surface area contributed by atoms with Crippen LogP contribution in [0.4, 0.5) is 11.4 Å². The van der Waals surface area contributed by atoms with E-state index >= 15 is 0 Å². The number of aliphatic carboxylic acids is 1. The maximum Gasteiger partial charge on any atom is 0.333 e. The molecule has 0 heterocycles. The Bertz CT molecular complexity index is 475. The molecule has 0 aromatic heterocycles. The third-order valence-electron chi connectivity index (χ3n) is 2.53. The van der Waals surface area contributed by atoms with Gasteiger partial charge in [0.15, 0.2) is 5.75 Å². The minimum absolute atomic E-state index is 0.0908. The molecule has 0 atom stereocenters. The fourth-order valence-corrected chi connectivity index (χ4v) is 1.66. The molecule has 1 N–H and O–H groups in total. The standard InChI is InChI=1S/C12H16N2O5/c1-3-19-10-6-4-5-9(12(10)14(17)18)13(2)8-7-11(15)16/h4-6H,3,7-8H2,1-2H3,(H,15,16). The first-order valence-electron chi connectivity index (χ1n) is 5.80. The highest BCUT2D eigenvalue weighted by atomic mass is 16.6. The van der Waals surface area contributed by atoms with E-state index in [9.17, 15) is 14.9 Å². The molecule has 19 heavy (non-hydrogen) atoms. The molecule has 1 rings (SSSR count). The number of para-hydroxylation sites is 1. The van der Waals surface area contributed by atoms with Gasteiger partial charge in [-0.3, -0.25) is 14.9 Å². The highest BCUT2D eigenvalue weighted by Gasteiger charge is 2.23. The van der Waals surface area contributed by atoms with Crippen LogP contribution in [0.15, 0.2) is 18.2 Å². The Kier molecular flexibility index (Phi) is 5.11. The number of nitro groups is 1. The van der Waals surface area contributed by atoms with Gasteiger partial charge in [-0.25, -0.2) is 0 Å². The van der Waals surface area contributed by atoms with Crippen LogP contribution >= 0.6 is 0 Å². The van der Waals surface area contributed by atoms with E-state index in [1.54, 1.807) is 26.1 Å². The van der Waals surface area contributed by atoms with E-state index in [0.29, 0.717) is 12.3 Å². The second-order valence-corrected chi connectivity index (χ2v) is 3.88. The summed E-state index contributed by atoms with van der Waals surface area (Å²) in [7, 11) is 1.61. The van der Waals surface area contributed by atoms with Crippen molar-refractivity contribution in [3.8, 4) is 5.75 Å². The summed E-state index contributed by atoms with van der Waals surface area (Å²) in [6.45, 7) is 2.25. The molecule has 0 aliphatic rings. The molecule has 0 saturated heterocycles. The molecule has 1 aromatic carbocycles. The normalized spacial score (nSPS) is 10.0. The number of carboxylic acids is 1. The summed E-state index contributed by atoms with van der Waals surface area (Å²) in [5.74, 6) is -0.761. The third-order valence-corrected chi connectivity index (χ3v) is 2.53. The first-order valence-corrected chi connectivity index (χ1v) is 5.80. The minimum Gasteiger partial charge on any atom is -0.487 e. The average Bonchev–Trinajstić information content (AvgIpc) is 2.35. The Balaban J connectivity index is 3.08. The minimum atomic E-state index is -0.949. The number of benzene rings is 1. The molecular weight excluding hydrogens is 252 g/mol. The summed E-state index contributed by atoms with van der Waals surface area (Å²) in [5, 5.41) is 19.8. The van der Waals surface area contributed by atoms with E-state index in [4.69, 9.17) is 9.84 Å². The molecule has 0 unspecified atom stereocenters. The molecular formula is C12H16N2O5. The van der Waals surface area contributed by atoms with Crippen molar-refractivity contribution in [1.82, 2.24) is 0 Å². The number of nitro benzene ring substituents is 1. The van der Waals surface area contributed by atoms with Crippen LogP contribution in [0.1, 0.15) is 13.3 Å². The topological polar surface area (TPSA) is 92.9 Å². The van der Waals surface area contributed by atoms with Gasteiger partial charge in [-0.15, -0.1) is 0 Å². The smallest absolute Gasteiger partial charge is 0.333 e. The van der Waals surface area contributed by atoms with E-state index in [2.05, 4.69) is 0 Å². The molecule has 1 aromatic rings. The van der Waals surface area contributed by atoms with Crippen LogP contribution in [0.5, 0.6) is 5.75 Å². The van der Waals surface area contributed by atoms with Crippen LogP contribution < -0.4 is 9.64 Å². The average molecular weight is 268 g/mol. The van der Waals surface area contributed by atoms with Crippen molar-refractivity contribution in [3.63, 3.8) is 0 Å². The van der Waals surface area contributed by atoms with Gasteiger partial charge in [0.2, 0.25) is 0 Å². The number of rotatable bonds is 7. The van der Waals surface area contributed by atoms with Crippen molar-refractivity contribution in [1.29, 1.82) is 0 Å². The molecule has 0 radical (unpaired) electrons. The lowest BCUT2D eigenvalue weighted by atomic mass is 10.2. The zero-order valence-electron chi connectivity index (χ0n) is 10.8. The second-order valence-electron chi connectivity index (χ2n) is 3.88. The molecule has 0 aliphatic heterocycles. The summed E-state index contributed by atoms with van der Waals surface area (Å²) >= 11 is 0. The number of carboxylic acid groups (broad SMARTS) is 1. The first-order chi connectivity index (χ1) is 8.97. The number of anilines is 1. The van der Waals surface area contributed by atoms with Crippen LogP contribution in [-0.2, 0) is 4.79 Å². The van der Waals surface area contributed by atoms with Crippen LogP contribution in [0.25, 0.3) is 0 Å². The SMILES string of the molecule is CCOc1cccc(N(C)CCC(=O)O)c1[N+](=O)[O-]. The first kappa shape index (κ1) is 14.7. The van der Waals surface area contributed by atoms with E-state index in [1.165, 1.54) is 11.0 Å². The van der Waals surface area contributed by atoms with E-state index < -0.39 is 10.9 Å².